The van der Waals surface area contributed by atoms with Gasteiger partial charge < -0.3 is 4.90 Å². The molecule has 2 aromatic heterocycles. The summed E-state index contributed by atoms with van der Waals surface area (Å²) in [6, 6.07) is 29.1. The van der Waals surface area contributed by atoms with Gasteiger partial charge in [-0.25, -0.2) is 9.50 Å². The third-order valence-corrected chi connectivity index (χ3v) is 5.03. The second-order valence-corrected chi connectivity index (χ2v) is 7.09. The van der Waals surface area contributed by atoms with Crippen molar-refractivity contribution in [3.05, 3.63) is 84.9 Å². The summed E-state index contributed by atoms with van der Waals surface area (Å²) in [7, 11) is 4.10. The zero-order valence-electron chi connectivity index (χ0n) is 15.9. The fourth-order valence-electron chi connectivity index (χ4n) is 3.52. The van der Waals surface area contributed by atoms with Crippen molar-refractivity contribution in [1.82, 2.24) is 14.6 Å². The number of hydrogen-bond acceptors (Lipinski definition) is 3. The van der Waals surface area contributed by atoms with Gasteiger partial charge in [-0.3, -0.25) is 0 Å². The van der Waals surface area contributed by atoms with Gasteiger partial charge in [0.2, 0.25) is 0 Å². The van der Waals surface area contributed by atoms with Crippen LogP contribution in [0.5, 0.6) is 0 Å². The summed E-state index contributed by atoms with van der Waals surface area (Å²) in [5.41, 5.74) is 7.19. The van der Waals surface area contributed by atoms with E-state index < -0.39 is 0 Å². The van der Waals surface area contributed by atoms with Crippen LogP contribution in [-0.4, -0.2) is 28.7 Å². The molecule has 0 atom stereocenters. The summed E-state index contributed by atoms with van der Waals surface area (Å²) in [6.45, 7) is 0. The average molecular weight is 364 g/mol. The molecule has 136 valence electrons. The summed E-state index contributed by atoms with van der Waals surface area (Å²) in [6.07, 6.45) is 0. The Morgan fingerprint density at radius 3 is 2.21 bits per heavy atom. The van der Waals surface area contributed by atoms with Gasteiger partial charge >= 0.3 is 0 Å². The van der Waals surface area contributed by atoms with Crippen LogP contribution in [-0.2, 0) is 0 Å². The second-order valence-electron chi connectivity index (χ2n) is 7.09. The predicted octanol–water partition coefficient (Wildman–Crippen LogP) is 5.28. The van der Waals surface area contributed by atoms with Crippen LogP contribution in [0.4, 0.5) is 5.69 Å². The summed E-state index contributed by atoms with van der Waals surface area (Å²) in [5, 5.41) is 5.89. The molecule has 0 saturated heterocycles. The van der Waals surface area contributed by atoms with Crippen molar-refractivity contribution in [2.75, 3.05) is 19.0 Å². The summed E-state index contributed by atoms with van der Waals surface area (Å²) in [4.78, 5) is 7.06. The number of fused-ring (bicyclic) bond motifs is 3. The van der Waals surface area contributed by atoms with Gasteiger partial charge in [-0.15, -0.1) is 0 Å². The lowest BCUT2D eigenvalue weighted by Crippen LogP contribution is -2.08. The molecule has 0 aliphatic heterocycles. The molecule has 4 nitrogen and oxygen atoms in total. The topological polar surface area (TPSA) is 33.4 Å². The fraction of sp³-hybridized carbons (Fsp3) is 0.0833. The Labute approximate surface area is 163 Å². The molecule has 0 radical (unpaired) electrons. The summed E-state index contributed by atoms with van der Waals surface area (Å²) in [5.74, 6) is 0. The maximum atomic E-state index is 4.96. The molecule has 0 aliphatic carbocycles. The van der Waals surface area contributed by atoms with Gasteiger partial charge in [-0.2, -0.15) is 5.10 Å². The first kappa shape index (κ1) is 16.5. The van der Waals surface area contributed by atoms with E-state index in [-0.39, 0.29) is 0 Å². The van der Waals surface area contributed by atoms with Crippen LogP contribution in [0, 0.1) is 0 Å². The Bertz CT molecular complexity index is 1270. The lowest BCUT2D eigenvalue weighted by atomic mass is 10.1. The van der Waals surface area contributed by atoms with E-state index in [0.717, 1.165) is 39.1 Å². The smallest absolute Gasteiger partial charge is 0.164 e. The number of anilines is 1. The SMILES string of the molecule is CN(C)c1ccc(-c2cc(-c3ccccc3)nc3c4ccccc4nn23)cc1. The Morgan fingerprint density at radius 2 is 1.46 bits per heavy atom. The zero-order valence-corrected chi connectivity index (χ0v) is 15.9. The number of aromatic nitrogens is 3. The average Bonchev–Trinajstić information content (AvgIpc) is 3.12. The Hall–Kier alpha value is -3.66. The number of nitrogens with zero attached hydrogens (tertiary/aromatic N) is 4. The van der Waals surface area contributed by atoms with Gasteiger partial charge in [-0.05, 0) is 30.3 Å². The van der Waals surface area contributed by atoms with Crippen molar-refractivity contribution in [3.63, 3.8) is 0 Å². The van der Waals surface area contributed by atoms with Gasteiger partial charge in [0.25, 0.3) is 0 Å². The molecule has 28 heavy (non-hydrogen) atoms. The molecule has 0 aliphatic rings. The van der Waals surface area contributed by atoms with Crippen molar-refractivity contribution in [2.24, 2.45) is 0 Å². The molecule has 2 heterocycles. The molecule has 3 aromatic carbocycles. The first-order chi connectivity index (χ1) is 13.7. The molecule has 0 unspecified atom stereocenters. The van der Waals surface area contributed by atoms with E-state index in [4.69, 9.17) is 10.1 Å². The predicted molar refractivity (Wildman–Crippen MR) is 116 cm³/mol. The zero-order chi connectivity index (χ0) is 19.1. The highest BCUT2D eigenvalue weighted by atomic mass is 15.3. The van der Waals surface area contributed by atoms with Crippen LogP contribution in [0.2, 0.25) is 0 Å². The van der Waals surface area contributed by atoms with Gasteiger partial charge in [0.05, 0.1) is 16.9 Å². The maximum absolute atomic E-state index is 4.96. The van der Waals surface area contributed by atoms with Crippen molar-refractivity contribution in [2.45, 2.75) is 0 Å². The normalized spacial score (nSPS) is 11.2. The standard InChI is InChI=1S/C24H20N4/c1-27(2)19-14-12-18(13-15-19)23-16-22(17-8-4-3-5-9-17)25-24-20-10-6-7-11-21(20)26-28(23)24/h3-16H,1-2H3. The summed E-state index contributed by atoms with van der Waals surface area (Å²) >= 11 is 0. The van der Waals surface area contributed by atoms with E-state index in [0.29, 0.717) is 0 Å². The molecule has 4 heteroatoms. The van der Waals surface area contributed by atoms with Gasteiger partial charge in [-0.1, -0.05) is 54.6 Å². The molecule has 5 aromatic rings. The molecule has 0 bridgehead atoms. The Morgan fingerprint density at radius 1 is 0.750 bits per heavy atom. The van der Waals surface area contributed by atoms with Crippen LogP contribution >= 0.6 is 0 Å². The lowest BCUT2D eigenvalue weighted by Gasteiger charge is -2.13. The maximum Gasteiger partial charge on any atom is 0.164 e. The van der Waals surface area contributed by atoms with E-state index in [2.05, 4.69) is 53.4 Å². The number of benzene rings is 3. The van der Waals surface area contributed by atoms with Crippen LogP contribution in [0.15, 0.2) is 84.9 Å². The first-order valence-electron chi connectivity index (χ1n) is 9.32. The molecule has 0 N–H and O–H groups in total. The van der Waals surface area contributed by atoms with E-state index in [1.807, 2.05) is 55.0 Å². The third kappa shape index (κ3) is 2.70. The molecular weight excluding hydrogens is 344 g/mol. The highest BCUT2D eigenvalue weighted by Crippen LogP contribution is 2.30. The van der Waals surface area contributed by atoms with Crippen LogP contribution in [0.1, 0.15) is 0 Å². The minimum Gasteiger partial charge on any atom is -0.378 e. The number of hydrogen-bond donors (Lipinski definition) is 0. The number of rotatable bonds is 3. The van der Waals surface area contributed by atoms with Crippen molar-refractivity contribution in [1.29, 1.82) is 0 Å². The minimum atomic E-state index is 0.878. The van der Waals surface area contributed by atoms with Crippen LogP contribution < -0.4 is 4.90 Å². The van der Waals surface area contributed by atoms with E-state index in [1.54, 1.807) is 0 Å². The van der Waals surface area contributed by atoms with Gasteiger partial charge in [0.15, 0.2) is 5.65 Å². The minimum absolute atomic E-state index is 0.878. The molecular formula is C24H20N4. The Kier molecular flexibility index (Phi) is 3.83. The molecule has 0 spiro atoms. The quantitative estimate of drug-likeness (QED) is 0.436. The largest absolute Gasteiger partial charge is 0.378 e. The summed E-state index contributed by atoms with van der Waals surface area (Å²) < 4.78 is 1.96. The van der Waals surface area contributed by atoms with Gasteiger partial charge in [0, 0.05) is 36.3 Å². The monoisotopic (exact) mass is 364 g/mol. The molecule has 5 rings (SSSR count). The van der Waals surface area contributed by atoms with E-state index in [1.165, 1.54) is 5.69 Å². The molecule has 0 fully saturated rings. The van der Waals surface area contributed by atoms with Crippen molar-refractivity contribution >= 4 is 22.2 Å². The van der Waals surface area contributed by atoms with Crippen molar-refractivity contribution < 1.29 is 0 Å². The molecule has 0 saturated carbocycles. The van der Waals surface area contributed by atoms with Gasteiger partial charge in [0.1, 0.15) is 0 Å². The lowest BCUT2D eigenvalue weighted by molar-refractivity contribution is 0.967. The third-order valence-electron chi connectivity index (χ3n) is 5.03. The van der Waals surface area contributed by atoms with E-state index in [9.17, 15) is 0 Å². The Balaban J connectivity index is 1.81. The second kappa shape index (κ2) is 6.50. The van der Waals surface area contributed by atoms with Crippen molar-refractivity contribution in [3.8, 4) is 22.5 Å². The fourth-order valence-corrected chi connectivity index (χ4v) is 3.52. The molecule has 0 amide bonds. The highest BCUT2D eigenvalue weighted by molar-refractivity contribution is 5.94. The highest BCUT2D eigenvalue weighted by Gasteiger charge is 2.14. The first-order valence-corrected chi connectivity index (χ1v) is 9.32. The van der Waals surface area contributed by atoms with Crippen LogP contribution in [0.25, 0.3) is 39.1 Å². The van der Waals surface area contributed by atoms with Crippen LogP contribution in [0.3, 0.4) is 0 Å². The van der Waals surface area contributed by atoms with E-state index >= 15 is 0 Å².